The van der Waals surface area contributed by atoms with Gasteiger partial charge < -0.3 is 30.1 Å². The second-order valence-electron chi connectivity index (χ2n) is 23.2. The van der Waals surface area contributed by atoms with E-state index in [1.165, 1.54) is 115 Å². The van der Waals surface area contributed by atoms with E-state index in [1.54, 1.807) is 12.1 Å². The van der Waals surface area contributed by atoms with Gasteiger partial charge in [-0.3, -0.25) is 23.7 Å². The second kappa shape index (κ2) is 41.8. The van der Waals surface area contributed by atoms with Crippen molar-refractivity contribution in [1.29, 1.82) is 0 Å². The van der Waals surface area contributed by atoms with Crippen LogP contribution in [0.15, 0.2) is 320 Å². The Bertz CT molecular complexity index is 4080. The number of benzene rings is 12. The van der Waals surface area contributed by atoms with Gasteiger partial charge in [0.05, 0.1) is 98.8 Å². The molecule has 496 valence electrons. The van der Waals surface area contributed by atoms with Crippen molar-refractivity contribution in [3.8, 4) is 34.8 Å². The summed E-state index contributed by atoms with van der Waals surface area (Å²) in [5, 5.41) is 14.3. The zero-order chi connectivity index (χ0) is 64.5. The molecule has 1 heterocycles. The number of hydrogen-bond acceptors (Lipinski definition) is 1. The summed E-state index contributed by atoms with van der Waals surface area (Å²) in [5.74, 6) is 9.49. The third kappa shape index (κ3) is 21.7. The summed E-state index contributed by atoms with van der Waals surface area (Å²) < 4.78 is 5.69. The smallest absolute Gasteiger partial charge is 0.459 e. The predicted molar refractivity (Wildman–Crippen MR) is 413 cm³/mol. The monoisotopic (exact) mass is 2070 g/mol. The van der Waals surface area contributed by atoms with Crippen molar-refractivity contribution in [2.24, 2.45) is 0 Å². The van der Waals surface area contributed by atoms with Crippen LogP contribution in [0.3, 0.4) is 0 Å². The molecule has 0 aliphatic heterocycles. The summed E-state index contributed by atoms with van der Waals surface area (Å²) in [4.78, 5) is 0. The Morgan fingerprint density at radius 2 is 0.459 bits per heavy atom. The average Bonchev–Trinajstić information content (AvgIpc) is 1.63. The van der Waals surface area contributed by atoms with Gasteiger partial charge in [-0.2, -0.15) is 0 Å². The molecular formula is C89H74Au4OP4+4. The fourth-order valence-electron chi connectivity index (χ4n) is 12.4. The van der Waals surface area contributed by atoms with Gasteiger partial charge in [0.2, 0.25) is 0 Å². The molecule has 1 nitrogen and oxygen atoms in total. The zero-order valence-electron chi connectivity index (χ0n) is 54.0. The van der Waals surface area contributed by atoms with Gasteiger partial charge in [0.15, 0.2) is 0 Å². The minimum absolute atomic E-state index is 0. The standard InChI is InChI=1S/2C28H28P2.C17H8.C16H6O.4Au/c2*1-5-15-25(16-6-1)29(26-17-7-2-8-18-26)23-13-14-24-30(27-19-9-3-10-20-27)28-21-11-4-12-22-28;1-3-12-5-7-16-14(9-12)11-15-10-13(4-2)6-8-17(15)16;1-3-11-5-7-13-14-8-6-12(4-2)10-16(14)17-15(13)9-11;;;;/h2*1-12,15-22H,13-14,23-24H2;5-10H,11H2;5-10H;;;;/q;;2*-2;4*+1/p+4. The van der Waals surface area contributed by atoms with Gasteiger partial charge in [-0.15, -0.1) is 58.7 Å². The Morgan fingerprint density at radius 3 is 0.673 bits per heavy atom. The van der Waals surface area contributed by atoms with Gasteiger partial charge in [0, 0.05) is 10.8 Å². The van der Waals surface area contributed by atoms with E-state index in [0.29, 0.717) is 11.1 Å². The van der Waals surface area contributed by atoms with Crippen LogP contribution in [-0.2, 0) is 95.9 Å². The molecule has 0 N–H and O–H groups in total. The maximum absolute atomic E-state index is 7.15. The molecule has 14 rings (SSSR count). The summed E-state index contributed by atoms with van der Waals surface area (Å²) in [6, 6.07) is 112. The molecule has 9 heteroatoms. The van der Waals surface area contributed by atoms with E-state index in [0.717, 1.165) is 39.5 Å². The fraction of sp³-hybridized carbons (Fsp3) is 0.101. The molecule has 1 aliphatic carbocycles. The van der Waals surface area contributed by atoms with Crippen LogP contribution in [0.2, 0.25) is 0 Å². The Morgan fingerprint density at radius 1 is 0.255 bits per heavy atom. The summed E-state index contributed by atoms with van der Waals surface area (Å²) in [6.45, 7) is 0. The van der Waals surface area contributed by atoms with Crippen molar-refractivity contribution < 1.29 is 93.9 Å². The van der Waals surface area contributed by atoms with E-state index in [1.807, 2.05) is 60.7 Å². The zero-order valence-corrected chi connectivity index (χ0v) is 66.7. The van der Waals surface area contributed by atoms with Crippen LogP contribution in [0.4, 0.5) is 0 Å². The average molecular weight is 2070 g/mol. The van der Waals surface area contributed by atoms with E-state index < -0.39 is 31.7 Å². The van der Waals surface area contributed by atoms with Crippen molar-refractivity contribution in [3.05, 3.63) is 375 Å². The Hall–Kier alpha value is -6.64. The van der Waals surface area contributed by atoms with Gasteiger partial charge in [-0.05, 0) is 140 Å². The summed E-state index contributed by atoms with van der Waals surface area (Å²) in [7, 11) is -2.86. The minimum atomic E-state index is -0.714. The van der Waals surface area contributed by atoms with Gasteiger partial charge in [-0.1, -0.05) is 193 Å². The van der Waals surface area contributed by atoms with E-state index in [9.17, 15) is 0 Å². The third-order valence-corrected chi connectivity index (χ3v) is 28.8. The third-order valence-electron chi connectivity index (χ3n) is 17.1. The molecule has 0 saturated carbocycles. The van der Waals surface area contributed by atoms with Crippen LogP contribution in [0, 0.1) is 49.4 Å². The first-order chi connectivity index (χ1) is 46.5. The predicted octanol–water partition coefficient (Wildman–Crippen LogP) is 17.6. The van der Waals surface area contributed by atoms with E-state index >= 15 is 0 Å². The quantitative estimate of drug-likeness (QED) is 0.0274. The largest absolute Gasteiger partial charge is 1.00 e. The maximum Gasteiger partial charge on any atom is 1.00 e. The number of fused-ring (bicyclic) bond motifs is 6. The number of hydrogen-bond donors (Lipinski definition) is 0. The van der Waals surface area contributed by atoms with Crippen LogP contribution < -0.4 is 42.4 Å². The van der Waals surface area contributed by atoms with Crippen molar-refractivity contribution >= 4 is 96.1 Å². The molecule has 1 aromatic heterocycles. The first-order valence-electron chi connectivity index (χ1n) is 32.3. The van der Waals surface area contributed by atoms with Gasteiger partial charge in [0.1, 0.15) is 11.2 Å². The van der Waals surface area contributed by atoms with Gasteiger partial charge in [0.25, 0.3) is 0 Å². The van der Waals surface area contributed by atoms with Crippen LogP contribution in [-0.4, -0.2) is 24.6 Å². The first kappa shape index (κ1) is 78.7. The Kier molecular flexibility index (Phi) is 33.6. The molecule has 0 spiro atoms. The van der Waals surface area contributed by atoms with E-state index in [-0.39, 0.29) is 89.5 Å². The summed E-state index contributed by atoms with van der Waals surface area (Å²) in [5.41, 5.74) is 9.42. The van der Waals surface area contributed by atoms with Crippen LogP contribution in [0.1, 0.15) is 59.1 Å². The molecule has 0 unspecified atom stereocenters. The maximum atomic E-state index is 7.15. The van der Waals surface area contributed by atoms with Gasteiger partial charge >= 0.3 is 89.5 Å². The van der Waals surface area contributed by atoms with E-state index in [4.69, 9.17) is 30.1 Å². The van der Waals surface area contributed by atoms with Crippen molar-refractivity contribution in [1.82, 2.24) is 0 Å². The normalized spacial score (nSPS) is 10.5. The van der Waals surface area contributed by atoms with Crippen molar-refractivity contribution in [2.45, 2.75) is 32.1 Å². The molecule has 98 heavy (non-hydrogen) atoms. The molecule has 0 atom stereocenters. The number of furan rings is 1. The molecule has 0 fully saturated rings. The van der Waals surface area contributed by atoms with Crippen LogP contribution >= 0.6 is 31.7 Å². The number of rotatable bonds is 18. The van der Waals surface area contributed by atoms with E-state index in [2.05, 4.69) is 266 Å². The number of unbranched alkanes of at least 4 members (excludes halogenated alkanes) is 2. The topological polar surface area (TPSA) is 13.1 Å². The molecule has 0 saturated heterocycles. The van der Waals surface area contributed by atoms with Crippen molar-refractivity contribution in [2.75, 3.05) is 24.6 Å². The summed E-state index contributed by atoms with van der Waals surface area (Å²) >= 11 is 0. The molecule has 0 amide bonds. The molecule has 12 aromatic carbocycles. The first-order valence-corrected chi connectivity index (χ1v) is 39.1. The van der Waals surface area contributed by atoms with Crippen LogP contribution in [0.25, 0.3) is 33.1 Å². The van der Waals surface area contributed by atoms with Crippen LogP contribution in [0.5, 0.6) is 0 Å². The Labute approximate surface area is 649 Å². The second-order valence-corrected chi connectivity index (χ2v) is 33.6. The molecule has 13 aromatic rings. The van der Waals surface area contributed by atoms with Crippen molar-refractivity contribution in [3.63, 3.8) is 0 Å². The fourth-order valence-corrected chi connectivity index (χ4v) is 23.3. The minimum Gasteiger partial charge on any atom is -0.459 e. The molecule has 1 aliphatic rings. The molecular weight excluding hydrogens is 2000 g/mol. The molecule has 0 bridgehead atoms. The molecule has 0 radical (unpaired) electrons. The SMILES string of the molecule is [Au+].[Au+].[Au+].[Au+].[C-]#Cc1ccc2c(c1)Cc1cc(C#[C-])ccc1-2.[C-]#Cc1ccc2c(c1)oc1cc(C#[C-])ccc12.c1ccc([PH+](CCCC[PH+](c2ccccc2)c2ccccc2)c2ccccc2)cc1.c1ccc([PH+](CCCC[PH+](c2ccccc2)c2ccccc2)c2ccccc2)cc1. The Balaban J connectivity index is 0.000000187. The summed E-state index contributed by atoms with van der Waals surface area (Å²) in [6.07, 6.45) is 39.7. The van der Waals surface area contributed by atoms with Gasteiger partial charge in [-0.25, -0.2) is 0 Å².